The summed E-state index contributed by atoms with van der Waals surface area (Å²) in [5.41, 5.74) is 1.03. The van der Waals surface area contributed by atoms with Crippen molar-refractivity contribution < 1.29 is 0 Å². The van der Waals surface area contributed by atoms with E-state index in [0.29, 0.717) is 15.2 Å². The van der Waals surface area contributed by atoms with Gasteiger partial charge in [0.2, 0.25) is 0 Å². The molecule has 1 aliphatic rings. The minimum Gasteiger partial charge on any atom is -0.362 e. The molecule has 0 spiro atoms. The second-order valence-electron chi connectivity index (χ2n) is 4.30. The van der Waals surface area contributed by atoms with E-state index in [1.807, 2.05) is 30.4 Å². The fraction of sp³-hybridized carbons (Fsp3) is 0.200. The van der Waals surface area contributed by atoms with Crippen molar-refractivity contribution in [1.82, 2.24) is 10.6 Å². The zero-order chi connectivity index (χ0) is 15.1. The molecule has 21 heavy (non-hydrogen) atoms. The van der Waals surface area contributed by atoms with E-state index in [9.17, 15) is 0 Å². The predicted octanol–water partition coefficient (Wildman–Crippen LogP) is 4.60. The van der Waals surface area contributed by atoms with Crippen molar-refractivity contribution in [2.45, 2.75) is 11.3 Å². The third-order valence-corrected chi connectivity index (χ3v) is 4.67. The summed E-state index contributed by atoms with van der Waals surface area (Å²) in [6.07, 6.45) is 9.15. The Balaban J connectivity index is 1.67. The molecular weight excluding hydrogens is 343 g/mol. The first-order chi connectivity index (χ1) is 10.1. The summed E-state index contributed by atoms with van der Waals surface area (Å²) >= 11 is 18.8. The van der Waals surface area contributed by atoms with E-state index in [4.69, 9.17) is 35.4 Å². The van der Waals surface area contributed by atoms with Gasteiger partial charge >= 0.3 is 0 Å². The first kappa shape index (κ1) is 16.7. The molecule has 1 aliphatic carbocycles. The quantitative estimate of drug-likeness (QED) is 0.456. The van der Waals surface area contributed by atoms with Gasteiger partial charge in [0.1, 0.15) is 0 Å². The lowest BCUT2D eigenvalue weighted by molar-refractivity contribution is 0.941. The number of rotatable bonds is 5. The van der Waals surface area contributed by atoms with Gasteiger partial charge in [0.25, 0.3) is 0 Å². The molecule has 111 valence electrons. The van der Waals surface area contributed by atoms with Crippen molar-refractivity contribution in [1.29, 1.82) is 0 Å². The van der Waals surface area contributed by atoms with Gasteiger partial charge in [0.05, 0.1) is 10.0 Å². The monoisotopic (exact) mass is 357 g/mol. The lowest BCUT2D eigenvalue weighted by Crippen LogP contribution is -2.35. The van der Waals surface area contributed by atoms with Gasteiger partial charge in [-0.1, -0.05) is 35.4 Å². The van der Waals surface area contributed by atoms with E-state index < -0.39 is 0 Å². The van der Waals surface area contributed by atoms with Gasteiger partial charge in [0.15, 0.2) is 5.11 Å². The third kappa shape index (κ3) is 5.91. The highest BCUT2D eigenvalue weighted by Crippen LogP contribution is 2.27. The van der Waals surface area contributed by atoms with Gasteiger partial charge in [0, 0.05) is 22.9 Å². The number of nitrogens with one attached hydrogen (secondary N) is 2. The SMILES string of the molecule is S=C(NCCSc1ccc(Cl)c(Cl)c1)NC1=CC[CH]C=C1. The molecule has 0 bridgehead atoms. The Kier molecular flexibility index (Phi) is 6.90. The fourth-order valence-electron chi connectivity index (χ4n) is 1.68. The summed E-state index contributed by atoms with van der Waals surface area (Å²) in [5.74, 6) is 0.891. The third-order valence-electron chi connectivity index (χ3n) is 2.69. The second kappa shape index (κ2) is 8.69. The van der Waals surface area contributed by atoms with Crippen molar-refractivity contribution in [3.05, 3.63) is 58.6 Å². The van der Waals surface area contributed by atoms with Crippen LogP contribution in [0.3, 0.4) is 0 Å². The van der Waals surface area contributed by atoms with Gasteiger partial charge in [-0.05, 0) is 49.3 Å². The Hall–Kier alpha value is -0.680. The van der Waals surface area contributed by atoms with E-state index in [-0.39, 0.29) is 0 Å². The number of halogens is 2. The molecule has 1 aromatic carbocycles. The zero-order valence-corrected chi connectivity index (χ0v) is 14.4. The highest BCUT2D eigenvalue weighted by molar-refractivity contribution is 7.99. The van der Waals surface area contributed by atoms with Crippen LogP contribution in [0.5, 0.6) is 0 Å². The van der Waals surface area contributed by atoms with E-state index >= 15 is 0 Å². The smallest absolute Gasteiger partial charge is 0.170 e. The largest absolute Gasteiger partial charge is 0.362 e. The van der Waals surface area contributed by atoms with Crippen molar-refractivity contribution in [3.8, 4) is 0 Å². The molecule has 1 aromatic rings. The average Bonchev–Trinajstić information content (AvgIpc) is 2.48. The van der Waals surface area contributed by atoms with Crippen LogP contribution in [0.15, 0.2) is 47.0 Å². The molecule has 2 N–H and O–H groups in total. The van der Waals surface area contributed by atoms with E-state index in [1.54, 1.807) is 11.8 Å². The Bertz CT molecular complexity index is 571. The summed E-state index contributed by atoms with van der Waals surface area (Å²) in [4.78, 5) is 1.10. The highest BCUT2D eigenvalue weighted by atomic mass is 35.5. The van der Waals surface area contributed by atoms with E-state index in [0.717, 1.165) is 29.3 Å². The number of hydrogen-bond donors (Lipinski definition) is 2. The molecular formula is C15H15Cl2N2S2. The van der Waals surface area contributed by atoms with Crippen LogP contribution in [-0.2, 0) is 0 Å². The van der Waals surface area contributed by atoms with Crippen LogP contribution in [-0.4, -0.2) is 17.4 Å². The van der Waals surface area contributed by atoms with Crippen LogP contribution < -0.4 is 10.6 Å². The van der Waals surface area contributed by atoms with Crippen molar-refractivity contribution in [2.75, 3.05) is 12.3 Å². The van der Waals surface area contributed by atoms with Crippen LogP contribution in [0.1, 0.15) is 6.42 Å². The Morgan fingerprint density at radius 1 is 1.29 bits per heavy atom. The highest BCUT2D eigenvalue weighted by Gasteiger charge is 2.02. The molecule has 1 radical (unpaired) electrons. The minimum absolute atomic E-state index is 0.579. The number of benzene rings is 1. The fourth-order valence-corrected chi connectivity index (χ4v) is 3.07. The lowest BCUT2D eigenvalue weighted by atomic mass is 10.1. The lowest BCUT2D eigenvalue weighted by Gasteiger charge is -2.13. The van der Waals surface area contributed by atoms with Crippen LogP contribution >= 0.6 is 47.2 Å². The maximum Gasteiger partial charge on any atom is 0.170 e. The van der Waals surface area contributed by atoms with Gasteiger partial charge in [-0.3, -0.25) is 0 Å². The van der Waals surface area contributed by atoms with E-state index in [2.05, 4.69) is 23.1 Å². The molecule has 0 aliphatic heterocycles. The van der Waals surface area contributed by atoms with Crippen LogP contribution in [0.25, 0.3) is 0 Å². The second-order valence-corrected chi connectivity index (χ2v) is 6.69. The molecule has 0 atom stereocenters. The van der Waals surface area contributed by atoms with Gasteiger partial charge in [-0.2, -0.15) is 0 Å². The number of hydrogen-bond acceptors (Lipinski definition) is 2. The summed E-state index contributed by atoms with van der Waals surface area (Å²) in [6.45, 7) is 0.778. The number of thioether (sulfide) groups is 1. The molecule has 0 heterocycles. The Morgan fingerprint density at radius 3 is 2.86 bits per heavy atom. The molecule has 0 unspecified atom stereocenters. The number of thiocarbonyl (C=S) groups is 1. The maximum absolute atomic E-state index is 5.98. The molecule has 0 aromatic heterocycles. The van der Waals surface area contributed by atoms with E-state index in [1.165, 1.54) is 0 Å². The predicted molar refractivity (Wildman–Crippen MR) is 97.1 cm³/mol. The number of allylic oxidation sites excluding steroid dienone is 3. The first-order valence-corrected chi connectivity index (χ1v) is 8.63. The van der Waals surface area contributed by atoms with Gasteiger partial charge < -0.3 is 10.6 Å². The van der Waals surface area contributed by atoms with Crippen LogP contribution in [0, 0.1) is 6.42 Å². The summed E-state index contributed by atoms with van der Waals surface area (Å²) in [7, 11) is 0. The summed E-state index contributed by atoms with van der Waals surface area (Å²) in [5, 5.41) is 8.15. The Morgan fingerprint density at radius 2 is 2.14 bits per heavy atom. The van der Waals surface area contributed by atoms with Crippen molar-refractivity contribution >= 4 is 52.3 Å². The average molecular weight is 358 g/mol. The van der Waals surface area contributed by atoms with Gasteiger partial charge in [-0.25, -0.2) is 0 Å². The minimum atomic E-state index is 0.579. The topological polar surface area (TPSA) is 24.1 Å². The Labute approximate surface area is 145 Å². The summed E-state index contributed by atoms with van der Waals surface area (Å²) in [6, 6.07) is 5.65. The normalized spacial score (nSPS) is 13.7. The molecule has 6 heteroatoms. The zero-order valence-electron chi connectivity index (χ0n) is 11.2. The maximum atomic E-state index is 5.98. The van der Waals surface area contributed by atoms with Crippen molar-refractivity contribution in [2.24, 2.45) is 0 Å². The van der Waals surface area contributed by atoms with Crippen LogP contribution in [0.4, 0.5) is 0 Å². The molecule has 2 rings (SSSR count). The summed E-state index contributed by atoms with van der Waals surface area (Å²) < 4.78 is 0. The molecule has 0 saturated heterocycles. The molecule has 2 nitrogen and oxygen atoms in total. The molecule has 0 amide bonds. The molecule has 0 fully saturated rings. The molecule has 0 saturated carbocycles. The van der Waals surface area contributed by atoms with Crippen LogP contribution in [0.2, 0.25) is 10.0 Å². The standard InChI is InChI=1S/C15H15Cl2N2S2/c16-13-7-6-12(10-14(13)17)21-9-8-18-15(20)19-11-4-2-1-3-5-11/h1-2,4-7,10H,3,8-9H2,(H2,18,19,20). The van der Waals surface area contributed by atoms with Gasteiger partial charge in [-0.15, -0.1) is 11.8 Å². The first-order valence-electron chi connectivity index (χ1n) is 6.48. The van der Waals surface area contributed by atoms with Crippen molar-refractivity contribution in [3.63, 3.8) is 0 Å².